The van der Waals surface area contributed by atoms with Crippen LogP contribution in [0.25, 0.3) is 0 Å². The third kappa shape index (κ3) is 4.43. The third-order valence-electron chi connectivity index (χ3n) is 4.78. The van der Waals surface area contributed by atoms with E-state index in [4.69, 9.17) is 16.3 Å². The molecule has 2 heterocycles. The molecule has 2 aromatic carbocycles. The van der Waals surface area contributed by atoms with Crippen LogP contribution in [-0.4, -0.2) is 23.6 Å². The molecule has 0 saturated heterocycles. The maximum Gasteiger partial charge on any atom is 0.451 e. The first-order chi connectivity index (χ1) is 14.3. The maximum atomic E-state index is 13.0. The van der Waals surface area contributed by atoms with Gasteiger partial charge < -0.3 is 15.0 Å². The number of nitrogens with one attached hydrogen (secondary N) is 1. The Hall–Kier alpha value is -3.00. The number of benzene rings is 2. The van der Waals surface area contributed by atoms with E-state index in [2.05, 4.69) is 15.3 Å². The van der Waals surface area contributed by atoms with Gasteiger partial charge in [0, 0.05) is 36.1 Å². The van der Waals surface area contributed by atoms with Gasteiger partial charge in [0.15, 0.2) is 0 Å². The highest BCUT2D eigenvalue weighted by Crippen LogP contribution is 2.36. The molecule has 0 spiro atoms. The normalized spacial score (nSPS) is 16.2. The summed E-state index contributed by atoms with van der Waals surface area (Å²) < 4.78 is 44.7. The molecule has 1 aliphatic rings. The van der Waals surface area contributed by atoms with Gasteiger partial charge in [-0.15, -0.1) is 0 Å². The molecule has 30 heavy (non-hydrogen) atoms. The fraction of sp³-hybridized carbons (Fsp3) is 0.238. The molecular weight excluding hydrogens is 417 g/mol. The van der Waals surface area contributed by atoms with Gasteiger partial charge in [0.1, 0.15) is 17.3 Å². The summed E-state index contributed by atoms with van der Waals surface area (Å²) in [5.74, 6) is 0.494. The standard InChI is InChI=1S/C21H18ClF3N4O/c1-29-11-10-18(17-12-26-20(21(23,24)25)28-19(17)29)27-14-4-8-16(9-5-14)30-15-6-2-13(22)3-7-15/h2-9,12,18,27H,10-11H2,1H3. The van der Waals surface area contributed by atoms with Crippen LogP contribution in [-0.2, 0) is 6.18 Å². The first-order valence-corrected chi connectivity index (χ1v) is 9.63. The van der Waals surface area contributed by atoms with Crippen molar-refractivity contribution in [3.63, 3.8) is 0 Å². The second-order valence-corrected chi connectivity index (χ2v) is 7.39. The SMILES string of the molecule is CN1CCC(Nc2ccc(Oc3ccc(Cl)cc3)cc2)c2cnc(C(F)(F)F)nc21. The van der Waals surface area contributed by atoms with Crippen LogP contribution in [0.15, 0.2) is 54.7 Å². The number of hydrogen-bond donors (Lipinski definition) is 1. The summed E-state index contributed by atoms with van der Waals surface area (Å²) in [6.45, 7) is 0.580. The van der Waals surface area contributed by atoms with Gasteiger partial charge >= 0.3 is 6.18 Å². The number of anilines is 2. The Bertz CT molecular complexity index is 1030. The number of halogens is 4. The van der Waals surface area contributed by atoms with Crippen molar-refractivity contribution >= 4 is 23.1 Å². The van der Waals surface area contributed by atoms with Crippen LogP contribution in [0.5, 0.6) is 11.5 Å². The van der Waals surface area contributed by atoms with E-state index < -0.39 is 12.0 Å². The zero-order chi connectivity index (χ0) is 21.3. The molecule has 1 aliphatic heterocycles. The van der Waals surface area contributed by atoms with E-state index in [0.29, 0.717) is 40.9 Å². The number of fused-ring (bicyclic) bond motifs is 1. The van der Waals surface area contributed by atoms with Crippen molar-refractivity contribution in [2.45, 2.75) is 18.6 Å². The van der Waals surface area contributed by atoms with E-state index in [1.807, 2.05) is 24.3 Å². The Balaban J connectivity index is 1.49. The van der Waals surface area contributed by atoms with E-state index >= 15 is 0 Å². The molecule has 0 bridgehead atoms. The molecular formula is C21H18ClF3N4O. The smallest absolute Gasteiger partial charge is 0.451 e. The molecule has 1 atom stereocenters. The Kier molecular flexibility index (Phi) is 5.42. The van der Waals surface area contributed by atoms with E-state index in [-0.39, 0.29) is 6.04 Å². The zero-order valence-electron chi connectivity index (χ0n) is 15.9. The summed E-state index contributed by atoms with van der Waals surface area (Å²) in [5.41, 5.74) is 1.46. The lowest BCUT2D eigenvalue weighted by atomic mass is 10.0. The molecule has 0 aliphatic carbocycles. The highest BCUT2D eigenvalue weighted by atomic mass is 35.5. The van der Waals surface area contributed by atoms with Crippen molar-refractivity contribution in [2.24, 2.45) is 0 Å². The van der Waals surface area contributed by atoms with E-state index in [1.165, 1.54) is 6.20 Å². The number of nitrogens with zero attached hydrogens (tertiary/aromatic N) is 3. The summed E-state index contributed by atoms with van der Waals surface area (Å²) in [7, 11) is 1.73. The summed E-state index contributed by atoms with van der Waals surface area (Å²) in [4.78, 5) is 8.99. The number of aromatic nitrogens is 2. The van der Waals surface area contributed by atoms with Crippen LogP contribution in [0.4, 0.5) is 24.7 Å². The fourth-order valence-corrected chi connectivity index (χ4v) is 3.39. The molecule has 0 saturated carbocycles. The molecule has 0 radical (unpaired) electrons. The van der Waals surface area contributed by atoms with Gasteiger partial charge in [0.25, 0.3) is 0 Å². The predicted molar refractivity (Wildman–Crippen MR) is 109 cm³/mol. The van der Waals surface area contributed by atoms with Crippen LogP contribution in [0.1, 0.15) is 23.9 Å². The Labute approximate surface area is 176 Å². The predicted octanol–water partition coefficient (Wildman–Crippen LogP) is 5.93. The number of ether oxygens (including phenoxy) is 1. The largest absolute Gasteiger partial charge is 0.457 e. The summed E-state index contributed by atoms with van der Waals surface area (Å²) >= 11 is 5.87. The number of hydrogen-bond acceptors (Lipinski definition) is 5. The van der Waals surface area contributed by atoms with Crippen LogP contribution in [0.2, 0.25) is 5.02 Å². The van der Waals surface area contributed by atoms with Gasteiger partial charge in [-0.3, -0.25) is 0 Å². The van der Waals surface area contributed by atoms with Gasteiger partial charge in [0.2, 0.25) is 5.82 Å². The number of rotatable bonds is 4. The van der Waals surface area contributed by atoms with Crippen molar-refractivity contribution in [1.82, 2.24) is 9.97 Å². The lowest BCUT2D eigenvalue weighted by Crippen LogP contribution is -2.32. The second-order valence-electron chi connectivity index (χ2n) is 6.96. The molecule has 5 nitrogen and oxygen atoms in total. The van der Waals surface area contributed by atoms with Crippen LogP contribution >= 0.6 is 11.6 Å². The minimum atomic E-state index is -4.57. The minimum absolute atomic E-state index is 0.193. The first-order valence-electron chi connectivity index (χ1n) is 9.25. The lowest BCUT2D eigenvalue weighted by Gasteiger charge is -2.33. The highest BCUT2D eigenvalue weighted by Gasteiger charge is 2.37. The van der Waals surface area contributed by atoms with Gasteiger partial charge in [-0.2, -0.15) is 13.2 Å². The molecule has 1 N–H and O–H groups in total. The average Bonchev–Trinajstić information content (AvgIpc) is 2.72. The molecule has 1 aromatic heterocycles. The summed E-state index contributed by atoms with van der Waals surface area (Å²) in [5, 5.41) is 3.98. The van der Waals surface area contributed by atoms with Gasteiger partial charge in [-0.05, 0) is 55.0 Å². The van der Waals surface area contributed by atoms with Crippen LogP contribution in [0.3, 0.4) is 0 Å². The zero-order valence-corrected chi connectivity index (χ0v) is 16.7. The van der Waals surface area contributed by atoms with Crippen molar-refractivity contribution in [2.75, 3.05) is 23.8 Å². The van der Waals surface area contributed by atoms with E-state index in [1.54, 1.807) is 36.2 Å². The molecule has 9 heteroatoms. The fourth-order valence-electron chi connectivity index (χ4n) is 3.26. The molecule has 4 rings (SSSR count). The van der Waals surface area contributed by atoms with Crippen LogP contribution < -0.4 is 15.0 Å². The topological polar surface area (TPSA) is 50.3 Å². The van der Waals surface area contributed by atoms with Crippen molar-refractivity contribution in [3.8, 4) is 11.5 Å². The Morgan fingerprint density at radius 3 is 2.33 bits per heavy atom. The monoisotopic (exact) mass is 434 g/mol. The maximum absolute atomic E-state index is 13.0. The van der Waals surface area contributed by atoms with Crippen molar-refractivity contribution in [1.29, 1.82) is 0 Å². The molecule has 156 valence electrons. The van der Waals surface area contributed by atoms with Gasteiger partial charge in [-0.25, -0.2) is 9.97 Å². The second kappa shape index (κ2) is 8.02. The van der Waals surface area contributed by atoms with Crippen molar-refractivity contribution < 1.29 is 17.9 Å². The summed E-state index contributed by atoms with van der Waals surface area (Å²) in [6, 6.07) is 14.2. The summed E-state index contributed by atoms with van der Waals surface area (Å²) in [6.07, 6.45) is -2.60. The first kappa shape index (κ1) is 20.3. The van der Waals surface area contributed by atoms with Gasteiger partial charge in [-0.1, -0.05) is 11.6 Å². The minimum Gasteiger partial charge on any atom is -0.457 e. The quantitative estimate of drug-likeness (QED) is 0.551. The van der Waals surface area contributed by atoms with Gasteiger partial charge in [0.05, 0.1) is 6.04 Å². The molecule has 0 fully saturated rings. The number of alkyl halides is 3. The Morgan fingerprint density at radius 2 is 1.70 bits per heavy atom. The van der Waals surface area contributed by atoms with E-state index in [0.717, 1.165) is 5.69 Å². The third-order valence-corrected chi connectivity index (χ3v) is 5.04. The molecule has 1 unspecified atom stereocenters. The molecule has 3 aromatic rings. The Morgan fingerprint density at radius 1 is 1.07 bits per heavy atom. The van der Waals surface area contributed by atoms with Crippen LogP contribution in [0, 0.1) is 0 Å². The average molecular weight is 435 g/mol. The van der Waals surface area contributed by atoms with E-state index in [9.17, 15) is 13.2 Å². The lowest BCUT2D eigenvalue weighted by molar-refractivity contribution is -0.144. The highest BCUT2D eigenvalue weighted by molar-refractivity contribution is 6.30. The van der Waals surface area contributed by atoms with Crippen molar-refractivity contribution in [3.05, 3.63) is 71.1 Å². The molecule has 0 amide bonds.